The average molecular weight is 292 g/mol. The van der Waals surface area contributed by atoms with E-state index >= 15 is 0 Å². The molecule has 1 aromatic heterocycles. The molecule has 1 N–H and O–H groups in total. The standard InChI is InChI=1S/C18H16N2O2/c1-13-11-19-17(22-13)12-20-18(21)16-9-5-8-15(10-16)14-6-3-2-4-7-14/h2-11H,12H2,1H3,(H,20,21). The fraction of sp³-hybridized carbons (Fsp3) is 0.111. The number of amides is 1. The molecule has 0 atom stereocenters. The highest BCUT2D eigenvalue weighted by Crippen LogP contribution is 2.20. The normalized spacial score (nSPS) is 10.4. The number of aryl methyl sites for hydroxylation is 1. The third kappa shape index (κ3) is 3.23. The summed E-state index contributed by atoms with van der Waals surface area (Å²) in [6.07, 6.45) is 1.64. The fourth-order valence-corrected chi connectivity index (χ4v) is 2.21. The lowest BCUT2D eigenvalue weighted by Crippen LogP contribution is -2.22. The monoisotopic (exact) mass is 292 g/mol. The molecule has 0 aliphatic heterocycles. The molecular weight excluding hydrogens is 276 g/mol. The van der Waals surface area contributed by atoms with E-state index in [1.807, 2.05) is 55.5 Å². The number of carbonyl (C=O) groups is 1. The molecule has 4 nitrogen and oxygen atoms in total. The van der Waals surface area contributed by atoms with Crippen LogP contribution in [0.3, 0.4) is 0 Å². The Labute approximate surface area is 128 Å². The average Bonchev–Trinajstić information content (AvgIpc) is 2.99. The minimum atomic E-state index is -0.145. The maximum Gasteiger partial charge on any atom is 0.251 e. The third-order valence-corrected chi connectivity index (χ3v) is 3.30. The second-order valence-electron chi connectivity index (χ2n) is 4.99. The third-order valence-electron chi connectivity index (χ3n) is 3.30. The summed E-state index contributed by atoms with van der Waals surface area (Å²) in [6, 6.07) is 17.5. The Morgan fingerprint density at radius 1 is 1.09 bits per heavy atom. The molecular formula is C18H16N2O2. The highest BCUT2D eigenvalue weighted by atomic mass is 16.4. The molecule has 0 aliphatic rings. The van der Waals surface area contributed by atoms with Crippen LogP contribution >= 0.6 is 0 Å². The first-order valence-electron chi connectivity index (χ1n) is 7.07. The summed E-state index contributed by atoms with van der Waals surface area (Å²) in [5.74, 6) is 1.09. The minimum Gasteiger partial charge on any atom is -0.444 e. The summed E-state index contributed by atoms with van der Waals surface area (Å²) in [4.78, 5) is 16.3. The van der Waals surface area contributed by atoms with Gasteiger partial charge in [-0.3, -0.25) is 4.79 Å². The van der Waals surface area contributed by atoms with E-state index < -0.39 is 0 Å². The molecule has 0 spiro atoms. The van der Waals surface area contributed by atoms with Crippen LogP contribution in [0.25, 0.3) is 11.1 Å². The molecule has 110 valence electrons. The molecule has 0 unspecified atom stereocenters. The molecule has 1 heterocycles. The molecule has 0 bridgehead atoms. The predicted molar refractivity (Wildman–Crippen MR) is 84.3 cm³/mol. The van der Waals surface area contributed by atoms with Crippen molar-refractivity contribution < 1.29 is 9.21 Å². The summed E-state index contributed by atoms with van der Waals surface area (Å²) in [7, 11) is 0. The molecule has 0 radical (unpaired) electrons. The molecule has 3 rings (SSSR count). The number of hydrogen-bond donors (Lipinski definition) is 1. The van der Waals surface area contributed by atoms with Crippen molar-refractivity contribution in [2.24, 2.45) is 0 Å². The number of rotatable bonds is 4. The van der Waals surface area contributed by atoms with E-state index in [4.69, 9.17) is 4.42 Å². The van der Waals surface area contributed by atoms with Crippen LogP contribution in [-0.2, 0) is 6.54 Å². The van der Waals surface area contributed by atoms with Gasteiger partial charge >= 0.3 is 0 Å². The molecule has 0 aliphatic carbocycles. The van der Waals surface area contributed by atoms with Gasteiger partial charge in [0.2, 0.25) is 5.89 Å². The van der Waals surface area contributed by atoms with Crippen molar-refractivity contribution in [3.8, 4) is 11.1 Å². The molecule has 4 heteroatoms. The van der Waals surface area contributed by atoms with Crippen molar-refractivity contribution in [1.82, 2.24) is 10.3 Å². The van der Waals surface area contributed by atoms with Crippen molar-refractivity contribution in [3.63, 3.8) is 0 Å². The summed E-state index contributed by atoms with van der Waals surface area (Å²) in [6.45, 7) is 2.10. The van der Waals surface area contributed by atoms with Crippen LogP contribution < -0.4 is 5.32 Å². The van der Waals surface area contributed by atoms with Crippen molar-refractivity contribution >= 4 is 5.91 Å². The van der Waals surface area contributed by atoms with Crippen LogP contribution in [0.1, 0.15) is 22.0 Å². The van der Waals surface area contributed by atoms with Gasteiger partial charge in [0.05, 0.1) is 12.7 Å². The fourth-order valence-electron chi connectivity index (χ4n) is 2.21. The van der Waals surface area contributed by atoms with Gasteiger partial charge < -0.3 is 9.73 Å². The Morgan fingerprint density at radius 3 is 2.59 bits per heavy atom. The van der Waals surface area contributed by atoms with Gasteiger partial charge in [-0.05, 0) is 30.2 Å². The molecule has 22 heavy (non-hydrogen) atoms. The lowest BCUT2D eigenvalue weighted by molar-refractivity contribution is 0.0947. The lowest BCUT2D eigenvalue weighted by Gasteiger charge is -2.06. The number of nitrogens with one attached hydrogen (secondary N) is 1. The van der Waals surface area contributed by atoms with Crippen molar-refractivity contribution in [1.29, 1.82) is 0 Å². The number of nitrogens with zero attached hydrogens (tertiary/aromatic N) is 1. The summed E-state index contributed by atoms with van der Waals surface area (Å²) < 4.78 is 5.34. The zero-order chi connectivity index (χ0) is 15.4. The van der Waals surface area contributed by atoms with E-state index in [2.05, 4.69) is 10.3 Å². The number of carbonyl (C=O) groups excluding carboxylic acids is 1. The Kier molecular flexibility index (Phi) is 4.01. The highest BCUT2D eigenvalue weighted by Gasteiger charge is 2.08. The molecule has 0 fully saturated rings. The Hall–Kier alpha value is -2.88. The second kappa shape index (κ2) is 6.26. The van der Waals surface area contributed by atoms with Crippen LogP contribution in [0, 0.1) is 6.92 Å². The van der Waals surface area contributed by atoms with Crippen LogP contribution in [0.5, 0.6) is 0 Å². The minimum absolute atomic E-state index is 0.145. The zero-order valence-electron chi connectivity index (χ0n) is 12.2. The van der Waals surface area contributed by atoms with Gasteiger partial charge in [0.15, 0.2) is 0 Å². The number of oxazole rings is 1. The van der Waals surface area contributed by atoms with Gasteiger partial charge in [-0.1, -0.05) is 42.5 Å². The Bertz CT molecular complexity index is 779. The quantitative estimate of drug-likeness (QED) is 0.799. The molecule has 0 saturated carbocycles. The van der Waals surface area contributed by atoms with Gasteiger partial charge in [0.1, 0.15) is 5.76 Å². The zero-order valence-corrected chi connectivity index (χ0v) is 12.2. The smallest absolute Gasteiger partial charge is 0.251 e. The molecule has 3 aromatic rings. The van der Waals surface area contributed by atoms with Crippen molar-refractivity contribution in [3.05, 3.63) is 78.0 Å². The maximum absolute atomic E-state index is 12.2. The largest absolute Gasteiger partial charge is 0.444 e. The number of benzene rings is 2. The van der Waals surface area contributed by atoms with E-state index in [1.54, 1.807) is 12.3 Å². The summed E-state index contributed by atoms with van der Waals surface area (Å²) in [5, 5.41) is 2.81. The SMILES string of the molecule is Cc1cnc(CNC(=O)c2cccc(-c3ccccc3)c2)o1. The Balaban J connectivity index is 1.73. The first kappa shape index (κ1) is 14.1. The van der Waals surface area contributed by atoms with E-state index in [0.29, 0.717) is 11.5 Å². The second-order valence-corrected chi connectivity index (χ2v) is 4.99. The van der Waals surface area contributed by atoms with Gasteiger partial charge in [0.25, 0.3) is 5.91 Å². The van der Waals surface area contributed by atoms with Gasteiger partial charge in [-0.15, -0.1) is 0 Å². The Morgan fingerprint density at radius 2 is 1.86 bits per heavy atom. The van der Waals surface area contributed by atoms with Gasteiger partial charge in [-0.2, -0.15) is 0 Å². The topological polar surface area (TPSA) is 55.1 Å². The lowest BCUT2D eigenvalue weighted by atomic mass is 10.0. The van der Waals surface area contributed by atoms with E-state index in [9.17, 15) is 4.79 Å². The summed E-state index contributed by atoms with van der Waals surface area (Å²) in [5.41, 5.74) is 2.71. The first-order chi connectivity index (χ1) is 10.7. The highest BCUT2D eigenvalue weighted by molar-refractivity contribution is 5.95. The van der Waals surface area contributed by atoms with Crippen LogP contribution in [0.15, 0.2) is 65.2 Å². The van der Waals surface area contributed by atoms with E-state index in [-0.39, 0.29) is 12.5 Å². The van der Waals surface area contributed by atoms with Gasteiger partial charge in [-0.25, -0.2) is 4.98 Å². The number of hydrogen-bond acceptors (Lipinski definition) is 3. The number of aromatic nitrogens is 1. The van der Waals surface area contributed by atoms with Crippen molar-refractivity contribution in [2.45, 2.75) is 13.5 Å². The van der Waals surface area contributed by atoms with Crippen LogP contribution in [0.2, 0.25) is 0 Å². The predicted octanol–water partition coefficient (Wildman–Crippen LogP) is 3.58. The molecule has 0 saturated heterocycles. The van der Waals surface area contributed by atoms with Crippen LogP contribution in [0.4, 0.5) is 0 Å². The van der Waals surface area contributed by atoms with Crippen molar-refractivity contribution in [2.75, 3.05) is 0 Å². The van der Waals surface area contributed by atoms with Crippen LogP contribution in [-0.4, -0.2) is 10.9 Å². The molecule has 2 aromatic carbocycles. The van der Waals surface area contributed by atoms with E-state index in [0.717, 1.165) is 16.9 Å². The maximum atomic E-state index is 12.2. The van der Waals surface area contributed by atoms with E-state index in [1.165, 1.54) is 0 Å². The molecule has 1 amide bonds. The van der Waals surface area contributed by atoms with Gasteiger partial charge in [0, 0.05) is 5.56 Å². The first-order valence-corrected chi connectivity index (χ1v) is 7.07. The summed E-state index contributed by atoms with van der Waals surface area (Å²) >= 11 is 0.